The first-order valence-electron chi connectivity index (χ1n) is 10.1. The molecule has 0 aliphatic carbocycles. The number of ether oxygens (including phenoxy) is 1. The van der Waals surface area contributed by atoms with Crippen molar-refractivity contribution in [3.8, 4) is 11.4 Å². The zero-order chi connectivity index (χ0) is 22.8. The number of nitrogens with zero attached hydrogens (tertiary/aromatic N) is 2. The first kappa shape index (κ1) is 20.0. The van der Waals surface area contributed by atoms with Gasteiger partial charge in [0.1, 0.15) is 6.61 Å². The third kappa shape index (κ3) is 2.68. The molecule has 0 spiro atoms. The molecule has 9 nitrogen and oxygen atoms in total. The van der Waals surface area contributed by atoms with E-state index in [1.54, 1.807) is 35.8 Å². The molecule has 0 saturated carbocycles. The molecule has 0 fully saturated rings. The summed E-state index contributed by atoms with van der Waals surface area (Å²) in [5, 5.41) is 11.6. The molecule has 32 heavy (non-hydrogen) atoms. The molecule has 2 aliphatic heterocycles. The van der Waals surface area contributed by atoms with Crippen LogP contribution in [-0.2, 0) is 33.1 Å². The van der Waals surface area contributed by atoms with E-state index in [2.05, 4.69) is 0 Å². The fourth-order valence-electron chi connectivity index (χ4n) is 4.41. The van der Waals surface area contributed by atoms with E-state index in [1.807, 2.05) is 6.07 Å². The highest BCUT2D eigenvalue weighted by Gasteiger charge is 2.45. The number of nitrogen functional groups attached to an aromatic ring is 1. The van der Waals surface area contributed by atoms with Gasteiger partial charge in [-0.1, -0.05) is 13.0 Å². The van der Waals surface area contributed by atoms with Crippen LogP contribution in [0.3, 0.4) is 0 Å². The van der Waals surface area contributed by atoms with Crippen molar-refractivity contribution in [3.63, 3.8) is 0 Å². The molecule has 1 aromatic carbocycles. The number of rotatable bonds is 3. The second-order valence-corrected chi connectivity index (χ2v) is 7.97. The van der Waals surface area contributed by atoms with E-state index in [0.29, 0.717) is 33.5 Å². The Hall–Kier alpha value is -3.98. The molecule has 1 amide bonds. The van der Waals surface area contributed by atoms with Crippen LogP contribution in [0.1, 0.15) is 35.6 Å². The maximum atomic E-state index is 13.2. The van der Waals surface area contributed by atoms with Gasteiger partial charge in [0.05, 0.1) is 29.0 Å². The molecule has 0 unspecified atom stereocenters. The lowest BCUT2D eigenvalue weighted by Gasteiger charge is -2.31. The van der Waals surface area contributed by atoms with Crippen molar-refractivity contribution >= 4 is 34.5 Å². The van der Waals surface area contributed by atoms with Crippen molar-refractivity contribution in [2.24, 2.45) is 5.73 Å². The highest BCUT2D eigenvalue weighted by Crippen LogP contribution is 2.39. The fourth-order valence-corrected chi connectivity index (χ4v) is 4.41. The Kier molecular flexibility index (Phi) is 4.22. The molecule has 5 N–H and O–H groups in total. The van der Waals surface area contributed by atoms with Crippen LogP contribution >= 0.6 is 0 Å². The summed E-state index contributed by atoms with van der Waals surface area (Å²) in [6.45, 7) is 1.76. The maximum Gasteiger partial charge on any atom is 0.343 e. The summed E-state index contributed by atoms with van der Waals surface area (Å²) in [6.07, 6.45) is 2.86. The number of hydrogen-bond donors (Lipinski definition) is 3. The van der Waals surface area contributed by atoms with Crippen LogP contribution < -0.4 is 17.0 Å². The molecule has 3 aromatic rings. The van der Waals surface area contributed by atoms with E-state index in [0.717, 1.165) is 5.56 Å². The van der Waals surface area contributed by atoms with Crippen LogP contribution in [0.4, 0.5) is 5.69 Å². The molecule has 162 valence electrons. The summed E-state index contributed by atoms with van der Waals surface area (Å²) < 4.78 is 6.65. The van der Waals surface area contributed by atoms with Gasteiger partial charge < -0.3 is 25.9 Å². The Balaban J connectivity index is 1.71. The van der Waals surface area contributed by atoms with Crippen LogP contribution in [-0.4, -0.2) is 26.5 Å². The molecule has 4 heterocycles. The average molecular weight is 432 g/mol. The Morgan fingerprint density at radius 3 is 2.84 bits per heavy atom. The average Bonchev–Trinajstić information content (AvgIpc) is 3.13. The number of carbonyl (C=O) groups is 2. The van der Waals surface area contributed by atoms with Gasteiger partial charge >= 0.3 is 5.97 Å². The lowest BCUT2D eigenvalue weighted by atomic mass is 9.86. The minimum Gasteiger partial charge on any atom is -0.458 e. The minimum atomic E-state index is -1.87. The molecular formula is C23H20N4O5. The fraction of sp³-hybridized carbons (Fsp3) is 0.217. The number of amides is 1. The van der Waals surface area contributed by atoms with E-state index in [4.69, 9.17) is 21.2 Å². The van der Waals surface area contributed by atoms with Crippen LogP contribution in [0.15, 0.2) is 35.1 Å². The van der Waals surface area contributed by atoms with Gasteiger partial charge in [-0.3, -0.25) is 9.59 Å². The normalized spacial score (nSPS) is 19.0. The number of benzene rings is 1. The number of pyridine rings is 2. The summed E-state index contributed by atoms with van der Waals surface area (Å²) in [6, 6.07) is 7.04. The van der Waals surface area contributed by atoms with Crippen molar-refractivity contribution in [3.05, 3.63) is 62.9 Å². The van der Waals surface area contributed by atoms with Gasteiger partial charge in [0.25, 0.3) is 5.56 Å². The lowest BCUT2D eigenvalue weighted by Crippen LogP contribution is -2.44. The molecule has 0 saturated heterocycles. The minimum absolute atomic E-state index is 0.0812. The van der Waals surface area contributed by atoms with Gasteiger partial charge in [0, 0.05) is 28.3 Å². The molecule has 1 atom stereocenters. The molecule has 9 heteroatoms. The van der Waals surface area contributed by atoms with Crippen molar-refractivity contribution in [1.82, 2.24) is 9.55 Å². The smallest absolute Gasteiger partial charge is 0.343 e. The number of anilines is 1. The van der Waals surface area contributed by atoms with Crippen LogP contribution in [0.5, 0.6) is 0 Å². The van der Waals surface area contributed by atoms with Gasteiger partial charge in [-0.2, -0.15) is 0 Å². The molecule has 2 aliphatic rings. The Morgan fingerprint density at radius 1 is 1.34 bits per heavy atom. The van der Waals surface area contributed by atoms with Crippen LogP contribution in [0.25, 0.3) is 28.4 Å². The zero-order valence-electron chi connectivity index (χ0n) is 17.2. The summed E-state index contributed by atoms with van der Waals surface area (Å²) in [5.74, 6) is -1.34. The SMILES string of the molecule is CC[C@@]1(O)C(=O)OCc2c1cc1n(c2=O)Cc2cc3c(N)c(C=CC(N)=O)ccc3nc2-1. The number of carbonyl (C=O) groups excluding carboxylic acids is 2. The third-order valence-corrected chi connectivity index (χ3v) is 6.19. The van der Waals surface area contributed by atoms with Gasteiger partial charge in [0.15, 0.2) is 5.60 Å². The number of aromatic nitrogens is 2. The topological polar surface area (TPSA) is 151 Å². The summed E-state index contributed by atoms with van der Waals surface area (Å²) in [5.41, 5.74) is 13.4. The number of hydrogen-bond acceptors (Lipinski definition) is 7. The van der Waals surface area contributed by atoms with Gasteiger partial charge in [-0.15, -0.1) is 0 Å². The van der Waals surface area contributed by atoms with Gasteiger partial charge in [-0.25, -0.2) is 9.78 Å². The first-order valence-corrected chi connectivity index (χ1v) is 10.1. The molecule has 5 rings (SSSR count). The van der Waals surface area contributed by atoms with Crippen LogP contribution in [0, 0.1) is 0 Å². The largest absolute Gasteiger partial charge is 0.458 e. The quantitative estimate of drug-likeness (QED) is 0.250. The predicted octanol–water partition coefficient (Wildman–Crippen LogP) is 1.16. The van der Waals surface area contributed by atoms with E-state index in [9.17, 15) is 19.5 Å². The summed E-state index contributed by atoms with van der Waals surface area (Å²) in [4.78, 5) is 41.2. The summed E-state index contributed by atoms with van der Waals surface area (Å²) in [7, 11) is 0. The molecule has 0 bridgehead atoms. The highest BCUT2D eigenvalue weighted by molar-refractivity contribution is 5.99. The number of nitrogens with two attached hydrogens (primary N) is 2. The standard InChI is InChI=1S/C23H20N4O5/c1-2-23(31)15-8-17-20-12(9-27(17)21(29)14(15)10-32-22(23)30)7-13-16(26-20)5-3-11(19(13)25)4-6-18(24)28/h3-8,31H,2,9-10,25H2,1H3,(H2,24,28)/t23-/m0/s1. The van der Waals surface area contributed by atoms with Crippen molar-refractivity contribution in [1.29, 1.82) is 0 Å². The predicted molar refractivity (Wildman–Crippen MR) is 117 cm³/mol. The lowest BCUT2D eigenvalue weighted by molar-refractivity contribution is -0.172. The number of aliphatic hydroxyl groups is 1. The van der Waals surface area contributed by atoms with Crippen molar-refractivity contribution < 1.29 is 19.4 Å². The molecule has 2 aromatic heterocycles. The van der Waals surface area contributed by atoms with E-state index in [-0.39, 0.29) is 36.3 Å². The zero-order valence-corrected chi connectivity index (χ0v) is 17.2. The summed E-state index contributed by atoms with van der Waals surface area (Å²) >= 11 is 0. The molecular weight excluding hydrogens is 412 g/mol. The van der Waals surface area contributed by atoms with Crippen LogP contribution in [0.2, 0.25) is 0 Å². The maximum absolute atomic E-state index is 13.2. The molecule has 0 radical (unpaired) electrons. The second-order valence-electron chi connectivity index (χ2n) is 7.97. The second kappa shape index (κ2) is 6.76. The third-order valence-electron chi connectivity index (χ3n) is 6.19. The van der Waals surface area contributed by atoms with Gasteiger partial charge in [0.2, 0.25) is 5.91 Å². The highest BCUT2D eigenvalue weighted by atomic mass is 16.6. The van der Waals surface area contributed by atoms with Crippen molar-refractivity contribution in [2.75, 3.05) is 5.73 Å². The van der Waals surface area contributed by atoms with E-state index in [1.165, 1.54) is 6.08 Å². The number of cyclic esters (lactones) is 1. The monoisotopic (exact) mass is 432 g/mol. The Bertz CT molecular complexity index is 1440. The number of fused-ring (bicyclic) bond motifs is 5. The number of primary amides is 1. The number of esters is 1. The Labute approximate surface area is 181 Å². The van der Waals surface area contributed by atoms with E-state index >= 15 is 0 Å². The van der Waals surface area contributed by atoms with Gasteiger partial charge in [-0.05, 0) is 36.3 Å². The van der Waals surface area contributed by atoms with Crippen molar-refractivity contribution in [2.45, 2.75) is 32.1 Å². The first-order chi connectivity index (χ1) is 15.2. The van der Waals surface area contributed by atoms with E-state index < -0.39 is 17.5 Å². The Morgan fingerprint density at radius 2 is 2.12 bits per heavy atom.